The van der Waals surface area contributed by atoms with Gasteiger partial charge in [-0.1, -0.05) is 20.3 Å². The fourth-order valence-electron chi connectivity index (χ4n) is 3.80. The lowest BCUT2D eigenvalue weighted by Crippen LogP contribution is -2.66. The zero-order valence-electron chi connectivity index (χ0n) is 17.2. The van der Waals surface area contributed by atoms with Crippen LogP contribution in [-0.4, -0.2) is 76.9 Å². The van der Waals surface area contributed by atoms with Crippen LogP contribution in [0.25, 0.3) is 0 Å². The minimum atomic E-state index is -0.882. The monoisotopic (exact) mass is 404 g/mol. The SMILES string of the molecule is CCC(C)[C@@H](CN([C@@H](CCO)C(=O)O)C1(C)CCCCN1)NC[C@@H](N)CS. The number of nitrogens with one attached hydrogen (secondary N) is 2. The number of thiol groups is 1. The number of carboxylic acid groups (broad SMARTS) is 1. The minimum Gasteiger partial charge on any atom is -0.480 e. The number of carboxylic acids is 1. The number of rotatable bonds is 13. The average molecular weight is 405 g/mol. The van der Waals surface area contributed by atoms with Crippen LogP contribution in [0.15, 0.2) is 0 Å². The molecule has 0 aromatic heterocycles. The number of aliphatic hydroxyl groups is 1. The summed E-state index contributed by atoms with van der Waals surface area (Å²) in [7, 11) is 0. The summed E-state index contributed by atoms with van der Waals surface area (Å²) in [5.41, 5.74) is 5.63. The molecule has 0 spiro atoms. The van der Waals surface area contributed by atoms with Gasteiger partial charge in [0.25, 0.3) is 0 Å². The summed E-state index contributed by atoms with van der Waals surface area (Å²) in [4.78, 5) is 14.1. The maximum absolute atomic E-state index is 12.0. The van der Waals surface area contributed by atoms with Crippen molar-refractivity contribution in [1.29, 1.82) is 0 Å². The summed E-state index contributed by atoms with van der Waals surface area (Å²) < 4.78 is 0. The first-order chi connectivity index (χ1) is 12.8. The Balaban J connectivity index is 3.07. The Morgan fingerprint density at radius 2 is 2.15 bits per heavy atom. The number of aliphatic hydroxyl groups excluding tert-OH is 1. The fraction of sp³-hybridized carbons (Fsp3) is 0.947. The van der Waals surface area contributed by atoms with Crippen molar-refractivity contribution >= 4 is 18.6 Å². The van der Waals surface area contributed by atoms with Gasteiger partial charge in [0, 0.05) is 37.5 Å². The fourth-order valence-corrected chi connectivity index (χ4v) is 3.93. The van der Waals surface area contributed by atoms with Gasteiger partial charge >= 0.3 is 5.97 Å². The molecule has 1 aliphatic heterocycles. The Morgan fingerprint density at radius 3 is 2.63 bits per heavy atom. The van der Waals surface area contributed by atoms with E-state index in [1.807, 2.05) is 0 Å². The molecule has 0 radical (unpaired) electrons. The molecule has 27 heavy (non-hydrogen) atoms. The van der Waals surface area contributed by atoms with Crippen molar-refractivity contribution < 1.29 is 15.0 Å². The molecule has 0 bridgehead atoms. The van der Waals surface area contributed by atoms with E-state index >= 15 is 0 Å². The van der Waals surface area contributed by atoms with Crippen molar-refractivity contribution in [2.45, 2.75) is 76.7 Å². The van der Waals surface area contributed by atoms with E-state index < -0.39 is 17.7 Å². The van der Waals surface area contributed by atoms with Crippen LogP contribution in [0.4, 0.5) is 0 Å². The second-order valence-corrected chi connectivity index (χ2v) is 8.38. The summed E-state index contributed by atoms with van der Waals surface area (Å²) in [5.74, 6) is 0.0915. The molecular formula is C19H40N4O3S. The molecule has 1 aliphatic rings. The van der Waals surface area contributed by atoms with E-state index in [9.17, 15) is 15.0 Å². The number of hydrogen-bond acceptors (Lipinski definition) is 7. The van der Waals surface area contributed by atoms with Gasteiger partial charge in [0.15, 0.2) is 0 Å². The van der Waals surface area contributed by atoms with E-state index in [2.05, 4.69) is 48.9 Å². The van der Waals surface area contributed by atoms with Gasteiger partial charge in [0.05, 0.1) is 5.66 Å². The van der Waals surface area contributed by atoms with Crippen molar-refractivity contribution in [3.8, 4) is 0 Å². The number of aliphatic carboxylic acids is 1. The van der Waals surface area contributed by atoms with Crippen molar-refractivity contribution in [3.63, 3.8) is 0 Å². The third-order valence-corrected chi connectivity index (χ3v) is 6.36. The second-order valence-electron chi connectivity index (χ2n) is 8.02. The normalized spacial score (nSPS) is 25.1. The Hall–Kier alpha value is -0.380. The molecule has 0 aromatic carbocycles. The molecule has 8 heteroatoms. The maximum atomic E-state index is 12.0. The molecule has 6 N–H and O–H groups in total. The highest BCUT2D eigenvalue weighted by atomic mass is 32.1. The number of piperidine rings is 1. The summed E-state index contributed by atoms with van der Waals surface area (Å²) in [5, 5.41) is 26.4. The Kier molecular flexibility index (Phi) is 11.2. The molecule has 5 atom stereocenters. The van der Waals surface area contributed by atoms with Gasteiger partial charge < -0.3 is 21.3 Å². The van der Waals surface area contributed by atoms with E-state index in [0.29, 0.717) is 24.8 Å². The van der Waals surface area contributed by atoms with Crippen molar-refractivity contribution in [1.82, 2.24) is 15.5 Å². The van der Waals surface area contributed by atoms with Crippen LogP contribution < -0.4 is 16.4 Å². The molecule has 1 saturated heterocycles. The van der Waals surface area contributed by atoms with Gasteiger partial charge in [-0.2, -0.15) is 12.6 Å². The van der Waals surface area contributed by atoms with Gasteiger partial charge in [0.1, 0.15) is 6.04 Å². The highest BCUT2D eigenvalue weighted by molar-refractivity contribution is 7.80. The van der Waals surface area contributed by atoms with Crippen LogP contribution >= 0.6 is 12.6 Å². The Bertz CT molecular complexity index is 435. The minimum absolute atomic E-state index is 0.0376. The number of nitrogens with zero attached hydrogens (tertiary/aromatic N) is 1. The van der Waals surface area contributed by atoms with Gasteiger partial charge in [-0.15, -0.1) is 0 Å². The number of nitrogens with two attached hydrogens (primary N) is 1. The van der Waals surface area contributed by atoms with Gasteiger partial charge in [-0.05, 0) is 45.1 Å². The van der Waals surface area contributed by atoms with Crippen LogP contribution in [0.5, 0.6) is 0 Å². The number of hydrogen-bond donors (Lipinski definition) is 6. The van der Waals surface area contributed by atoms with Crippen molar-refractivity contribution in [2.75, 3.05) is 32.0 Å². The summed E-state index contributed by atoms with van der Waals surface area (Å²) >= 11 is 4.26. The molecule has 1 fully saturated rings. The van der Waals surface area contributed by atoms with E-state index in [1.54, 1.807) is 0 Å². The van der Waals surface area contributed by atoms with E-state index in [-0.39, 0.29) is 25.1 Å². The highest BCUT2D eigenvalue weighted by Gasteiger charge is 2.41. The van der Waals surface area contributed by atoms with Crippen LogP contribution in [0.3, 0.4) is 0 Å². The molecular weight excluding hydrogens is 364 g/mol. The molecule has 0 saturated carbocycles. The summed E-state index contributed by atoms with van der Waals surface area (Å²) in [6, 6.07) is -0.649. The topological polar surface area (TPSA) is 111 Å². The lowest BCUT2D eigenvalue weighted by Gasteiger charge is -2.49. The Labute approximate surface area is 169 Å². The summed E-state index contributed by atoms with van der Waals surface area (Å²) in [6.07, 6.45) is 4.27. The molecule has 0 aromatic rings. The van der Waals surface area contributed by atoms with Crippen LogP contribution in [0, 0.1) is 5.92 Å². The van der Waals surface area contributed by atoms with Gasteiger partial charge in [0.2, 0.25) is 0 Å². The zero-order chi connectivity index (χ0) is 20.4. The molecule has 160 valence electrons. The van der Waals surface area contributed by atoms with E-state index in [1.165, 1.54) is 0 Å². The second kappa shape index (κ2) is 12.2. The first-order valence-electron chi connectivity index (χ1n) is 10.2. The van der Waals surface area contributed by atoms with Crippen molar-refractivity contribution in [3.05, 3.63) is 0 Å². The first kappa shape index (κ1) is 24.7. The predicted octanol–water partition coefficient (Wildman–Crippen LogP) is 0.875. The average Bonchev–Trinajstić information content (AvgIpc) is 2.66. The molecule has 7 nitrogen and oxygen atoms in total. The lowest BCUT2D eigenvalue weighted by atomic mass is 9.91. The molecule has 0 amide bonds. The van der Waals surface area contributed by atoms with E-state index in [4.69, 9.17) is 5.73 Å². The van der Waals surface area contributed by atoms with Gasteiger partial charge in [-0.3, -0.25) is 15.0 Å². The highest BCUT2D eigenvalue weighted by Crippen LogP contribution is 2.28. The first-order valence-corrected chi connectivity index (χ1v) is 10.9. The molecule has 1 rings (SSSR count). The van der Waals surface area contributed by atoms with Crippen LogP contribution in [0.1, 0.15) is 52.9 Å². The standard InChI is InChI=1S/C19H40N4O3S/c1-4-14(2)16(21-11-15(20)13-27)12-23(17(7-10-24)18(25)26)19(3)8-5-6-9-22-19/h14-17,21-22,24,27H,4-13,20H2,1-3H3,(H,25,26)/t14?,15-,16-,17+,19?/m1/s1. The Morgan fingerprint density at radius 1 is 1.44 bits per heavy atom. The third kappa shape index (κ3) is 7.51. The molecule has 0 aliphatic carbocycles. The van der Waals surface area contributed by atoms with Crippen LogP contribution in [-0.2, 0) is 4.79 Å². The maximum Gasteiger partial charge on any atom is 0.321 e. The quantitative estimate of drug-likeness (QED) is 0.253. The smallest absolute Gasteiger partial charge is 0.321 e. The molecule has 2 unspecified atom stereocenters. The summed E-state index contributed by atoms with van der Waals surface area (Å²) in [6.45, 7) is 8.39. The largest absolute Gasteiger partial charge is 0.480 e. The number of carbonyl (C=O) groups is 1. The van der Waals surface area contributed by atoms with Crippen LogP contribution in [0.2, 0.25) is 0 Å². The zero-order valence-corrected chi connectivity index (χ0v) is 18.0. The lowest BCUT2D eigenvalue weighted by molar-refractivity contribution is -0.149. The van der Waals surface area contributed by atoms with Gasteiger partial charge in [-0.25, -0.2) is 0 Å². The van der Waals surface area contributed by atoms with Crippen molar-refractivity contribution in [2.24, 2.45) is 11.7 Å². The van der Waals surface area contributed by atoms with E-state index in [0.717, 1.165) is 32.2 Å². The predicted molar refractivity (Wildman–Crippen MR) is 113 cm³/mol. The molecule has 1 heterocycles. The third-order valence-electron chi connectivity index (χ3n) is 5.89.